The lowest BCUT2D eigenvalue weighted by atomic mass is 9.71. The van der Waals surface area contributed by atoms with Gasteiger partial charge in [-0.05, 0) is 68.5 Å². The molecule has 0 saturated carbocycles. The van der Waals surface area contributed by atoms with Gasteiger partial charge < -0.3 is 15.5 Å². The zero-order valence-electron chi connectivity index (χ0n) is 13.3. The van der Waals surface area contributed by atoms with Crippen LogP contribution in [0.1, 0.15) is 32.1 Å². The minimum absolute atomic E-state index is 0.549. The number of hydrogen-bond donors (Lipinski definition) is 1. The summed E-state index contributed by atoms with van der Waals surface area (Å²) >= 11 is 0. The summed E-state index contributed by atoms with van der Waals surface area (Å²) in [5.74, 6) is 0. The molecular weight excluding hydrogens is 272 g/mol. The summed E-state index contributed by atoms with van der Waals surface area (Å²) in [7, 11) is 0. The minimum Gasteiger partial charge on any atom is -0.399 e. The molecule has 2 N–H and O–H groups in total. The number of nitrogens with two attached hydrogens (primary N) is 1. The van der Waals surface area contributed by atoms with Crippen molar-refractivity contribution in [2.24, 2.45) is 5.41 Å². The highest BCUT2D eigenvalue weighted by atomic mass is 15.2. The zero-order valence-corrected chi connectivity index (χ0v) is 13.3. The van der Waals surface area contributed by atoms with Gasteiger partial charge in [0.15, 0.2) is 0 Å². The number of anilines is 2. The lowest BCUT2D eigenvalue weighted by Crippen LogP contribution is -2.47. The number of nitrogens with zero attached hydrogens (tertiary/aromatic N) is 3. The van der Waals surface area contributed by atoms with Crippen LogP contribution >= 0.6 is 0 Å². The van der Waals surface area contributed by atoms with E-state index in [1.807, 2.05) is 12.1 Å². The number of rotatable bonds is 3. The quantitative estimate of drug-likeness (QED) is 0.872. The molecule has 1 aromatic rings. The van der Waals surface area contributed by atoms with Crippen molar-refractivity contribution >= 4 is 11.4 Å². The smallest absolute Gasteiger partial charge is 0.0635 e. The predicted octanol–water partition coefficient (Wildman–Crippen LogP) is 2.86. The molecule has 0 aliphatic carbocycles. The average molecular weight is 298 g/mol. The highest BCUT2D eigenvalue weighted by molar-refractivity contribution is 5.53. The number of hydrogen-bond acceptors (Lipinski definition) is 4. The normalized spacial score (nSPS) is 21.7. The van der Waals surface area contributed by atoms with Crippen LogP contribution in [0.3, 0.4) is 0 Å². The first-order valence-corrected chi connectivity index (χ1v) is 8.41. The van der Waals surface area contributed by atoms with Gasteiger partial charge in [-0.1, -0.05) is 0 Å². The summed E-state index contributed by atoms with van der Waals surface area (Å²) in [6.45, 7) is 5.60. The molecule has 0 bridgehead atoms. The van der Waals surface area contributed by atoms with Crippen LogP contribution < -0.4 is 10.6 Å². The van der Waals surface area contributed by atoms with Gasteiger partial charge in [-0.15, -0.1) is 0 Å². The fourth-order valence-corrected chi connectivity index (χ4v) is 3.88. The summed E-state index contributed by atoms with van der Waals surface area (Å²) < 4.78 is 0. The molecule has 2 fully saturated rings. The summed E-state index contributed by atoms with van der Waals surface area (Å²) in [6.07, 6.45) is 5.85. The molecular formula is C18H26N4. The van der Waals surface area contributed by atoms with E-state index in [1.165, 1.54) is 44.5 Å². The van der Waals surface area contributed by atoms with Crippen LogP contribution in [0.4, 0.5) is 11.4 Å². The number of likely N-dealkylation sites (tertiary alicyclic amines) is 1. The zero-order chi connectivity index (χ0) is 15.4. The lowest BCUT2D eigenvalue weighted by Gasteiger charge is -2.47. The van der Waals surface area contributed by atoms with E-state index in [0.717, 1.165) is 25.3 Å². The largest absolute Gasteiger partial charge is 0.399 e. The van der Waals surface area contributed by atoms with Gasteiger partial charge in [-0.2, -0.15) is 5.26 Å². The van der Waals surface area contributed by atoms with Crippen LogP contribution in [0.25, 0.3) is 0 Å². The molecule has 0 amide bonds. The van der Waals surface area contributed by atoms with Crippen molar-refractivity contribution in [1.29, 1.82) is 5.26 Å². The second kappa shape index (κ2) is 6.58. The molecule has 0 aromatic heterocycles. The van der Waals surface area contributed by atoms with E-state index in [0.29, 0.717) is 11.8 Å². The van der Waals surface area contributed by atoms with Gasteiger partial charge in [-0.25, -0.2) is 0 Å². The molecule has 3 rings (SSSR count). The molecule has 2 saturated heterocycles. The molecule has 4 heteroatoms. The van der Waals surface area contributed by atoms with Crippen LogP contribution in [0.5, 0.6) is 0 Å². The number of nitriles is 1. The highest BCUT2D eigenvalue weighted by Crippen LogP contribution is 2.42. The molecule has 0 unspecified atom stereocenters. The van der Waals surface area contributed by atoms with Gasteiger partial charge in [0.1, 0.15) is 0 Å². The maximum atomic E-state index is 8.70. The van der Waals surface area contributed by atoms with Crippen molar-refractivity contribution in [3.8, 4) is 6.07 Å². The molecule has 2 aliphatic rings. The Kier molecular flexibility index (Phi) is 4.54. The minimum atomic E-state index is 0.549. The topological polar surface area (TPSA) is 56.3 Å². The summed E-state index contributed by atoms with van der Waals surface area (Å²) in [5, 5.41) is 8.70. The van der Waals surface area contributed by atoms with E-state index in [2.05, 4.69) is 28.0 Å². The Morgan fingerprint density at radius 2 is 1.59 bits per heavy atom. The maximum Gasteiger partial charge on any atom is 0.0635 e. The van der Waals surface area contributed by atoms with Crippen LogP contribution in [0.2, 0.25) is 0 Å². The fraction of sp³-hybridized carbons (Fsp3) is 0.611. The van der Waals surface area contributed by atoms with Crippen LogP contribution in [-0.4, -0.2) is 37.6 Å². The van der Waals surface area contributed by atoms with Gasteiger partial charge >= 0.3 is 0 Å². The number of piperidine rings is 2. The lowest BCUT2D eigenvalue weighted by molar-refractivity contribution is 0.0812. The number of benzene rings is 1. The Morgan fingerprint density at radius 1 is 1.00 bits per heavy atom. The van der Waals surface area contributed by atoms with Crippen LogP contribution in [0, 0.1) is 16.7 Å². The number of nitrogen functional groups attached to an aromatic ring is 1. The molecule has 0 radical (unpaired) electrons. The van der Waals surface area contributed by atoms with Crippen molar-refractivity contribution in [3.05, 3.63) is 24.3 Å². The van der Waals surface area contributed by atoms with Crippen LogP contribution in [-0.2, 0) is 0 Å². The van der Waals surface area contributed by atoms with Gasteiger partial charge in [0, 0.05) is 37.4 Å². The Labute approximate surface area is 133 Å². The van der Waals surface area contributed by atoms with E-state index in [1.54, 1.807) is 0 Å². The summed E-state index contributed by atoms with van der Waals surface area (Å²) in [6, 6.07) is 10.5. The van der Waals surface area contributed by atoms with Crippen molar-refractivity contribution < 1.29 is 0 Å². The van der Waals surface area contributed by atoms with Crippen molar-refractivity contribution in [2.75, 3.05) is 43.4 Å². The molecule has 2 aliphatic heterocycles. The first-order valence-electron chi connectivity index (χ1n) is 8.41. The molecule has 1 spiro atoms. The van der Waals surface area contributed by atoms with Crippen molar-refractivity contribution in [3.63, 3.8) is 0 Å². The third-order valence-electron chi connectivity index (χ3n) is 5.54. The molecule has 118 valence electrons. The first kappa shape index (κ1) is 15.2. The fourth-order valence-electron chi connectivity index (χ4n) is 3.88. The Bertz CT molecular complexity index is 513. The van der Waals surface area contributed by atoms with E-state index < -0.39 is 0 Å². The maximum absolute atomic E-state index is 8.70. The van der Waals surface area contributed by atoms with E-state index in [4.69, 9.17) is 11.0 Å². The third-order valence-corrected chi connectivity index (χ3v) is 5.54. The third kappa shape index (κ3) is 3.36. The molecule has 2 heterocycles. The monoisotopic (exact) mass is 298 g/mol. The van der Waals surface area contributed by atoms with E-state index >= 15 is 0 Å². The average Bonchev–Trinajstić information content (AvgIpc) is 2.56. The van der Waals surface area contributed by atoms with E-state index in [-0.39, 0.29) is 0 Å². The Hall–Kier alpha value is -1.73. The van der Waals surface area contributed by atoms with Gasteiger partial charge in [-0.3, -0.25) is 0 Å². The molecule has 1 aromatic carbocycles. The first-order chi connectivity index (χ1) is 10.7. The Balaban J connectivity index is 1.52. The predicted molar refractivity (Wildman–Crippen MR) is 90.6 cm³/mol. The summed E-state index contributed by atoms with van der Waals surface area (Å²) in [4.78, 5) is 4.95. The molecule has 22 heavy (non-hydrogen) atoms. The van der Waals surface area contributed by atoms with Crippen molar-refractivity contribution in [1.82, 2.24) is 4.90 Å². The van der Waals surface area contributed by atoms with E-state index in [9.17, 15) is 0 Å². The second-order valence-corrected chi connectivity index (χ2v) is 6.83. The summed E-state index contributed by atoms with van der Waals surface area (Å²) in [5.41, 5.74) is 8.46. The molecule has 0 atom stereocenters. The van der Waals surface area contributed by atoms with Gasteiger partial charge in [0.05, 0.1) is 6.07 Å². The van der Waals surface area contributed by atoms with Crippen LogP contribution in [0.15, 0.2) is 24.3 Å². The standard InChI is InChI=1S/C18H26N4/c19-10-1-11-21-12-6-18(7-13-21)8-14-22(15-9-18)17-4-2-16(20)3-5-17/h2-5H,1,6-9,11-15,20H2. The second-order valence-electron chi connectivity index (χ2n) is 6.83. The van der Waals surface area contributed by atoms with Gasteiger partial charge in [0.2, 0.25) is 0 Å². The Morgan fingerprint density at radius 3 is 2.18 bits per heavy atom. The van der Waals surface area contributed by atoms with Crippen molar-refractivity contribution in [2.45, 2.75) is 32.1 Å². The molecule has 4 nitrogen and oxygen atoms in total. The highest BCUT2D eigenvalue weighted by Gasteiger charge is 2.37. The van der Waals surface area contributed by atoms with Gasteiger partial charge in [0.25, 0.3) is 0 Å². The SMILES string of the molecule is N#CCCN1CCC2(CC1)CCN(c1ccc(N)cc1)CC2.